The number of anilines is 1. The number of nitrogens with one attached hydrogen (secondary N) is 1. The highest BCUT2D eigenvalue weighted by Crippen LogP contribution is 2.11. The van der Waals surface area contributed by atoms with E-state index in [1.807, 2.05) is 0 Å². The molecule has 1 rings (SSSR count). The van der Waals surface area contributed by atoms with Gasteiger partial charge in [0, 0.05) is 12.1 Å². The first kappa shape index (κ1) is 12.0. The van der Waals surface area contributed by atoms with E-state index in [9.17, 15) is 9.59 Å². The summed E-state index contributed by atoms with van der Waals surface area (Å²) < 4.78 is 4.58. The fourth-order valence-corrected chi connectivity index (χ4v) is 1.18. The summed E-state index contributed by atoms with van der Waals surface area (Å²) in [6.07, 6.45) is 1.75. The number of carbonyl (C=O) groups is 2. The predicted molar refractivity (Wildman–Crippen MR) is 61.2 cm³/mol. The molecular weight excluding hydrogens is 206 g/mol. The fourth-order valence-electron chi connectivity index (χ4n) is 1.18. The van der Waals surface area contributed by atoms with Crippen LogP contribution in [0.1, 0.15) is 16.8 Å². The molecule has 0 radical (unpaired) electrons. The van der Waals surface area contributed by atoms with Gasteiger partial charge in [0.1, 0.15) is 0 Å². The Morgan fingerprint density at radius 3 is 2.88 bits per heavy atom. The molecule has 0 spiro atoms. The van der Waals surface area contributed by atoms with Crippen molar-refractivity contribution in [1.82, 2.24) is 0 Å². The Balaban J connectivity index is 2.78. The molecule has 0 bridgehead atoms. The van der Waals surface area contributed by atoms with E-state index in [0.29, 0.717) is 11.3 Å². The molecule has 0 heterocycles. The van der Waals surface area contributed by atoms with Crippen molar-refractivity contribution in [3.05, 3.63) is 42.5 Å². The smallest absolute Gasteiger partial charge is 0.337 e. The largest absolute Gasteiger partial charge is 0.465 e. The highest BCUT2D eigenvalue weighted by atomic mass is 16.5. The third-order valence-electron chi connectivity index (χ3n) is 1.90. The third-order valence-corrected chi connectivity index (χ3v) is 1.90. The first-order valence-electron chi connectivity index (χ1n) is 4.76. The van der Waals surface area contributed by atoms with Crippen LogP contribution in [0.5, 0.6) is 0 Å². The number of rotatable bonds is 4. The normalized spacial score (nSPS) is 9.31. The van der Waals surface area contributed by atoms with Gasteiger partial charge in [0.2, 0.25) is 5.91 Å². The number of methoxy groups -OCH3 is 1. The molecule has 0 saturated carbocycles. The Labute approximate surface area is 93.9 Å². The number of esters is 1. The molecule has 16 heavy (non-hydrogen) atoms. The lowest BCUT2D eigenvalue weighted by atomic mass is 10.2. The summed E-state index contributed by atoms with van der Waals surface area (Å²) in [6.45, 7) is 3.47. The van der Waals surface area contributed by atoms with Gasteiger partial charge in [-0.25, -0.2) is 4.79 Å². The monoisotopic (exact) mass is 219 g/mol. The number of carbonyl (C=O) groups excluding carboxylic acids is 2. The number of hydrogen-bond donors (Lipinski definition) is 1. The second kappa shape index (κ2) is 5.70. The molecule has 0 saturated heterocycles. The van der Waals surface area contributed by atoms with E-state index < -0.39 is 5.97 Å². The summed E-state index contributed by atoms with van der Waals surface area (Å²) in [5.41, 5.74) is 0.966. The maximum Gasteiger partial charge on any atom is 0.337 e. The van der Waals surface area contributed by atoms with Crippen molar-refractivity contribution in [3.63, 3.8) is 0 Å². The maximum atomic E-state index is 11.3. The predicted octanol–water partition coefficient (Wildman–Crippen LogP) is 1.99. The molecule has 84 valence electrons. The van der Waals surface area contributed by atoms with Crippen molar-refractivity contribution < 1.29 is 14.3 Å². The number of ether oxygens (including phenoxy) is 1. The quantitative estimate of drug-likeness (QED) is 0.622. The zero-order chi connectivity index (χ0) is 12.0. The van der Waals surface area contributed by atoms with Gasteiger partial charge in [-0.1, -0.05) is 12.1 Å². The molecule has 0 aromatic heterocycles. The van der Waals surface area contributed by atoms with Crippen LogP contribution < -0.4 is 5.32 Å². The molecule has 1 amide bonds. The average Bonchev–Trinajstić information content (AvgIpc) is 2.28. The average molecular weight is 219 g/mol. The lowest BCUT2D eigenvalue weighted by Crippen LogP contribution is -2.10. The van der Waals surface area contributed by atoms with Crippen molar-refractivity contribution in [3.8, 4) is 0 Å². The SMILES string of the molecule is C=CCC(=O)Nc1cccc(C(=O)OC)c1. The van der Waals surface area contributed by atoms with Gasteiger partial charge in [-0.05, 0) is 18.2 Å². The van der Waals surface area contributed by atoms with Gasteiger partial charge in [-0.2, -0.15) is 0 Å². The molecule has 0 unspecified atom stereocenters. The molecule has 0 aliphatic carbocycles. The Kier molecular flexibility index (Phi) is 4.27. The van der Waals surface area contributed by atoms with Gasteiger partial charge >= 0.3 is 5.97 Å². The lowest BCUT2D eigenvalue weighted by Gasteiger charge is -2.05. The maximum absolute atomic E-state index is 11.3. The molecule has 0 aliphatic rings. The minimum Gasteiger partial charge on any atom is -0.465 e. The number of benzene rings is 1. The van der Waals surface area contributed by atoms with Crippen LogP contribution in [-0.2, 0) is 9.53 Å². The van der Waals surface area contributed by atoms with E-state index >= 15 is 0 Å². The van der Waals surface area contributed by atoms with Gasteiger partial charge in [0.05, 0.1) is 12.7 Å². The zero-order valence-corrected chi connectivity index (χ0v) is 9.03. The van der Waals surface area contributed by atoms with Gasteiger partial charge in [-0.15, -0.1) is 6.58 Å². The van der Waals surface area contributed by atoms with Gasteiger partial charge in [-0.3, -0.25) is 4.79 Å². The fraction of sp³-hybridized carbons (Fsp3) is 0.167. The van der Waals surface area contributed by atoms with Crippen molar-refractivity contribution in [2.75, 3.05) is 12.4 Å². The van der Waals surface area contributed by atoms with Crippen LogP contribution in [0.15, 0.2) is 36.9 Å². The van der Waals surface area contributed by atoms with Crippen LogP contribution in [0.2, 0.25) is 0 Å². The summed E-state index contributed by atoms with van der Waals surface area (Å²) >= 11 is 0. The Morgan fingerprint density at radius 2 is 2.25 bits per heavy atom. The van der Waals surface area contributed by atoms with Gasteiger partial charge in [0.25, 0.3) is 0 Å². The highest BCUT2D eigenvalue weighted by molar-refractivity contribution is 5.94. The second-order valence-electron chi connectivity index (χ2n) is 3.11. The molecule has 1 N–H and O–H groups in total. The molecular formula is C12H13NO3. The van der Waals surface area contributed by atoms with E-state index in [4.69, 9.17) is 0 Å². The molecule has 1 aromatic carbocycles. The first-order chi connectivity index (χ1) is 7.67. The molecule has 0 aliphatic heterocycles. The van der Waals surface area contributed by atoms with Crippen LogP contribution in [0.3, 0.4) is 0 Å². The standard InChI is InChI=1S/C12H13NO3/c1-3-5-11(14)13-10-7-4-6-9(8-10)12(15)16-2/h3-4,6-8H,1,5H2,2H3,(H,13,14). The molecule has 4 nitrogen and oxygen atoms in total. The summed E-state index contributed by atoms with van der Waals surface area (Å²) in [5, 5.41) is 2.64. The van der Waals surface area contributed by atoms with Crippen LogP contribution in [0.4, 0.5) is 5.69 Å². The van der Waals surface area contributed by atoms with Gasteiger partial charge in [0.15, 0.2) is 0 Å². The molecule has 0 atom stereocenters. The Bertz CT molecular complexity index is 412. The summed E-state index contributed by atoms with van der Waals surface area (Å²) in [4.78, 5) is 22.5. The van der Waals surface area contributed by atoms with Crippen LogP contribution in [0.25, 0.3) is 0 Å². The topological polar surface area (TPSA) is 55.4 Å². The van der Waals surface area contributed by atoms with Crippen molar-refractivity contribution in [1.29, 1.82) is 0 Å². The van der Waals surface area contributed by atoms with Crippen molar-refractivity contribution in [2.24, 2.45) is 0 Å². The lowest BCUT2D eigenvalue weighted by molar-refractivity contribution is -0.115. The molecule has 0 fully saturated rings. The Hall–Kier alpha value is -2.10. The molecule has 1 aromatic rings. The van der Waals surface area contributed by atoms with Gasteiger partial charge < -0.3 is 10.1 Å². The minimum atomic E-state index is -0.431. The van der Waals surface area contributed by atoms with Crippen molar-refractivity contribution in [2.45, 2.75) is 6.42 Å². The van der Waals surface area contributed by atoms with Crippen LogP contribution in [-0.4, -0.2) is 19.0 Å². The van der Waals surface area contributed by atoms with E-state index in [-0.39, 0.29) is 12.3 Å². The minimum absolute atomic E-state index is 0.169. The Morgan fingerprint density at radius 1 is 1.50 bits per heavy atom. The molecule has 4 heteroatoms. The second-order valence-corrected chi connectivity index (χ2v) is 3.11. The van der Waals surface area contributed by atoms with E-state index in [1.54, 1.807) is 24.3 Å². The van der Waals surface area contributed by atoms with E-state index in [1.165, 1.54) is 13.2 Å². The number of amides is 1. The van der Waals surface area contributed by atoms with Crippen molar-refractivity contribution >= 4 is 17.6 Å². The number of hydrogen-bond acceptors (Lipinski definition) is 3. The van der Waals surface area contributed by atoms with Crippen LogP contribution >= 0.6 is 0 Å². The summed E-state index contributed by atoms with van der Waals surface area (Å²) in [7, 11) is 1.31. The third kappa shape index (κ3) is 3.24. The zero-order valence-electron chi connectivity index (χ0n) is 9.03. The summed E-state index contributed by atoms with van der Waals surface area (Å²) in [6, 6.07) is 6.56. The first-order valence-corrected chi connectivity index (χ1v) is 4.76. The van der Waals surface area contributed by atoms with E-state index in [2.05, 4.69) is 16.6 Å². The highest BCUT2D eigenvalue weighted by Gasteiger charge is 2.06. The summed E-state index contributed by atoms with van der Waals surface area (Å²) in [5.74, 6) is -0.600. The van der Waals surface area contributed by atoms with E-state index in [0.717, 1.165) is 0 Å². The van der Waals surface area contributed by atoms with Crippen LogP contribution in [0, 0.1) is 0 Å².